The largest absolute Gasteiger partial charge is 0.455 e. The number of hydrogen-bond donors (Lipinski definition) is 1. The molecule has 0 radical (unpaired) electrons. The van der Waals surface area contributed by atoms with Gasteiger partial charge in [-0.1, -0.05) is 34.5 Å². The molecule has 0 unspecified atom stereocenters. The summed E-state index contributed by atoms with van der Waals surface area (Å²) in [5, 5.41) is 7.56. The number of aromatic nitrogens is 3. The predicted octanol–water partition coefficient (Wildman–Crippen LogP) is 5.84. The first-order valence-corrected chi connectivity index (χ1v) is 13.8. The van der Waals surface area contributed by atoms with Crippen LogP contribution in [0.1, 0.15) is 12.1 Å². The average Bonchev–Trinajstić information content (AvgIpc) is 3.32. The topological polar surface area (TPSA) is 97.3 Å². The lowest BCUT2D eigenvalue weighted by Gasteiger charge is -2.30. The standard InChI is InChI=1S/C23H18Cl2FN5O3S2/c24-15-2-3-20(17(9-15)14-4-5-27-16(8-14)12-31-6-1-7-31)34-21-11-19(26)22(10-18(21)25)36(32,33)30-23-29-28-13-35-23/h2-5,8-11,13H,1,6-7,12H2,(H,29,30). The Morgan fingerprint density at radius 2 is 1.94 bits per heavy atom. The average molecular weight is 566 g/mol. The molecule has 0 aliphatic carbocycles. The second-order valence-electron chi connectivity index (χ2n) is 7.97. The Balaban J connectivity index is 1.45. The molecule has 0 atom stereocenters. The second-order valence-corrected chi connectivity index (χ2v) is 11.3. The third-order valence-corrected chi connectivity index (χ3v) is 8.10. The summed E-state index contributed by atoms with van der Waals surface area (Å²) in [7, 11) is -4.28. The van der Waals surface area contributed by atoms with Gasteiger partial charge >= 0.3 is 0 Å². The van der Waals surface area contributed by atoms with Crippen LogP contribution in [0.15, 0.2) is 59.1 Å². The first kappa shape index (κ1) is 24.8. The molecular formula is C23H18Cl2FN5O3S2. The van der Waals surface area contributed by atoms with Crippen LogP contribution >= 0.6 is 34.5 Å². The smallest absolute Gasteiger partial charge is 0.266 e. The van der Waals surface area contributed by atoms with E-state index in [0.717, 1.165) is 54.4 Å². The van der Waals surface area contributed by atoms with Gasteiger partial charge in [-0.05, 0) is 61.5 Å². The highest BCUT2D eigenvalue weighted by Crippen LogP contribution is 2.39. The summed E-state index contributed by atoms with van der Waals surface area (Å²) in [6, 6.07) is 10.7. The van der Waals surface area contributed by atoms with Gasteiger partial charge in [0.15, 0.2) is 0 Å². The zero-order valence-electron chi connectivity index (χ0n) is 18.5. The van der Waals surface area contributed by atoms with Gasteiger partial charge in [0.2, 0.25) is 5.13 Å². The van der Waals surface area contributed by atoms with Crippen molar-refractivity contribution in [1.29, 1.82) is 0 Å². The zero-order chi connectivity index (χ0) is 25.3. The Bertz CT molecular complexity index is 1520. The molecular weight excluding hydrogens is 548 g/mol. The number of nitrogens with one attached hydrogen (secondary N) is 1. The predicted molar refractivity (Wildman–Crippen MR) is 137 cm³/mol. The number of benzene rings is 2. The lowest BCUT2D eigenvalue weighted by Crippen LogP contribution is -2.36. The highest BCUT2D eigenvalue weighted by Gasteiger charge is 2.24. The van der Waals surface area contributed by atoms with Crippen molar-refractivity contribution in [3.63, 3.8) is 0 Å². The van der Waals surface area contributed by atoms with E-state index in [-0.39, 0.29) is 15.9 Å². The van der Waals surface area contributed by atoms with E-state index in [1.54, 1.807) is 24.4 Å². The summed E-state index contributed by atoms with van der Waals surface area (Å²) in [4.78, 5) is 6.10. The van der Waals surface area contributed by atoms with Crippen LogP contribution in [0.2, 0.25) is 10.0 Å². The van der Waals surface area contributed by atoms with Crippen molar-refractivity contribution >= 4 is 49.7 Å². The molecule has 36 heavy (non-hydrogen) atoms. The number of ether oxygens (including phenoxy) is 1. The molecule has 1 aliphatic heterocycles. The van der Waals surface area contributed by atoms with Gasteiger partial charge in [-0.15, -0.1) is 10.2 Å². The van der Waals surface area contributed by atoms with Crippen LogP contribution in [0.4, 0.5) is 9.52 Å². The summed E-state index contributed by atoms with van der Waals surface area (Å²) in [5.41, 5.74) is 3.72. The van der Waals surface area contributed by atoms with Crippen LogP contribution in [-0.4, -0.2) is 41.6 Å². The van der Waals surface area contributed by atoms with Gasteiger partial charge in [0.1, 0.15) is 27.7 Å². The maximum absolute atomic E-state index is 14.9. The summed E-state index contributed by atoms with van der Waals surface area (Å²) < 4.78 is 48.3. The molecule has 2 aromatic heterocycles. The number of nitrogens with zero attached hydrogens (tertiary/aromatic N) is 4. The molecule has 1 N–H and O–H groups in total. The lowest BCUT2D eigenvalue weighted by molar-refractivity contribution is 0.170. The highest BCUT2D eigenvalue weighted by molar-refractivity contribution is 7.93. The van der Waals surface area contributed by atoms with E-state index in [1.807, 2.05) is 12.1 Å². The minimum absolute atomic E-state index is 0.00230. The molecule has 0 bridgehead atoms. The molecule has 5 rings (SSSR count). The molecule has 186 valence electrons. The quantitative estimate of drug-likeness (QED) is 0.286. The number of halogens is 3. The van der Waals surface area contributed by atoms with Gasteiger partial charge in [0.25, 0.3) is 10.0 Å². The molecule has 3 heterocycles. The van der Waals surface area contributed by atoms with E-state index in [1.165, 1.54) is 11.9 Å². The van der Waals surface area contributed by atoms with Crippen molar-refractivity contribution in [3.05, 3.63) is 75.7 Å². The number of anilines is 1. The summed E-state index contributed by atoms with van der Waals surface area (Å²) in [6.45, 7) is 2.83. The molecule has 0 spiro atoms. The van der Waals surface area contributed by atoms with Crippen molar-refractivity contribution < 1.29 is 17.5 Å². The van der Waals surface area contributed by atoms with Crippen molar-refractivity contribution in [2.45, 2.75) is 17.9 Å². The number of sulfonamides is 1. The van der Waals surface area contributed by atoms with Gasteiger partial charge in [0.05, 0.1) is 10.7 Å². The molecule has 8 nitrogen and oxygen atoms in total. The lowest BCUT2D eigenvalue weighted by atomic mass is 10.0. The maximum atomic E-state index is 14.9. The van der Waals surface area contributed by atoms with Gasteiger partial charge < -0.3 is 4.74 Å². The number of likely N-dealkylation sites (tertiary alicyclic amines) is 1. The SMILES string of the molecule is O=S(=O)(Nc1nncs1)c1cc(Cl)c(Oc2ccc(Cl)cc2-c2ccnc(CN3CCC3)c2)cc1F. The van der Waals surface area contributed by atoms with Gasteiger partial charge in [-0.2, -0.15) is 0 Å². The Morgan fingerprint density at radius 3 is 2.67 bits per heavy atom. The molecule has 1 saturated heterocycles. The van der Waals surface area contributed by atoms with E-state index in [4.69, 9.17) is 27.9 Å². The monoisotopic (exact) mass is 565 g/mol. The van der Waals surface area contributed by atoms with E-state index < -0.39 is 20.7 Å². The number of rotatable bonds is 8. The van der Waals surface area contributed by atoms with Crippen LogP contribution in [0.5, 0.6) is 11.5 Å². The third-order valence-electron chi connectivity index (χ3n) is 5.48. The molecule has 2 aromatic carbocycles. The van der Waals surface area contributed by atoms with Crippen molar-refractivity contribution in [2.24, 2.45) is 0 Å². The van der Waals surface area contributed by atoms with Gasteiger partial charge in [-0.3, -0.25) is 14.6 Å². The van der Waals surface area contributed by atoms with Crippen molar-refractivity contribution in [2.75, 3.05) is 17.8 Å². The fraction of sp³-hybridized carbons (Fsp3) is 0.174. The van der Waals surface area contributed by atoms with E-state index in [9.17, 15) is 12.8 Å². The first-order chi connectivity index (χ1) is 17.3. The van der Waals surface area contributed by atoms with Gasteiger partial charge in [-0.25, -0.2) is 12.8 Å². The number of pyridine rings is 1. The van der Waals surface area contributed by atoms with Crippen LogP contribution in [0.25, 0.3) is 11.1 Å². The van der Waals surface area contributed by atoms with Gasteiger partial charge in [0, 0.05) is 29.4 Å². The zero-order valence-corrected chi connectivity index (χ0v) is 21.6. The van der Waals surface area contributed by atoms with E-state index >= 15 is 0 Å². The highest BCUT2D eigenvalue weighted by atomic mass is 35.5. The maximum Gasteiger partial charge on any atom is 0.266 e. The molecule has 13 heteroatoms. The summed E-state index contributed by atoms with van der Waals surface area (Å²) in [5.74, 6) is -0.727. The Kier molecular flexibility index (Phi) is 7.09. The minimum Gasteiger partial charge on any atom is -0.455 e. The molecule has 0 saturated carbocycles. The fourth-order valence-electron chi connectivity index (χ4n) is 3.62. The van der Waals surface area contributed by atoms with Crippen LogP contribution in [0, 0.1) is 5.82 Å². The summed E-state index contributed by atoms with van der Waals surface area (Å²) >= 11 is 13.5. The molecule has 1 fully saturated rings. The van der Waals surface area contributed by atoms with Crippen LogP contribution in [-0.2, 0) is 16.6 Å². The minimum atomic E-state index is -4.28. The number of hydrogen-bond acceptors (Lipinski definition) is 8. The molecule has 1 aliphatic rings. The molecule has 4 aromatic rings. The molecule has 0 amide bonds. The fourth-order valence-corrected chi connectivity index (χ4v) is 5.84. The Labute approximate surface area is 220 Å². The van der Waals surface area contributed by atoms with E-state index in [0.29, 0.717) is 16.3 Å². The summed E-state index contributed by atoms with van der Waals surface area (Å²) in [6.07, 6.45) is 2.90. The normalized spacial score (nSPS) is 13.9. The van der Waals surface area contributed by atoms with E-state index in [2.05, 4.69) is 24.8 Å². The second kappa shape index (κ2) is 10.3. The van der Waals surface area contributed by atoms with Crippen LogP contribution < -0.4 is 9.46 Å². The van der Waals surface area contributed by atoms with Crippen LogP contribution in [0.3, 0.4) is 0 Å². The Morgan fingerprint density at radius 1 is 1.11 bits per heavy atom. The van der Waals surface area contributed by atoms with Crippen molar-refractivity contribution in [1.82, 2.24) is 20.1 Å². The third kappa shape index (κ3) is 5.45. The van der Waals surface area contributed by atoms with Crippen molar-refractivity contribution in [3.8, 4) is 22.6 Å². The Hall–Kier alpha value is -2.83. The first-order valence-electron chi connectivity index (χ1n) is 10.7.